The third-order valence-electron chi connectivity index (χ3n) is 3.11. The average molecular weight is 288 g/mol. The van der Waals surface area contributed by atoms with Gasteiger partial charge in [0.25, 0.3) is 7.37 Å². The molecule has 3 nitrogen and oxygen atoms in total. The second-order valence-corrected chi connectivity index (χ2v) is 7.32. The predicted octanol–water partition coefficient (Wildman–Crippen LogP) is 3.00. The maximum absolute atomic E-state index is 12.5. The third-order valence-corrected chi connectivity index (χ3v) is 5.49. The molecule has 2 aromatic rings. The standard InChI is InChI=1S/C16H17O3P/c1-16(17,13-12-14-8-4-2-5-9-14)20(18,19)15-10-6-3-7-11-15/h2-13,17H,1H3,(H,18,19). The van der Waals surface area contributed by atoms with E-state index in [1.165, 1.54) is 13.0 Å². The van der Waals surface area contributed by atoms with Crippen molar-refractivity contribution in [2.45, 2.75) is 12.3 Å². The highest BCUT2D eigenvalue weighted by molar-refractivity contribution is 7.67. The van der Waals surface area contributed by atoms with Crippen molar-refractivity contribution in [1.29, 1.82) is 0 Å². The Bertz CT molecular complexity index is 633. The minimum absolute atomic E-state index is 0.239. The van der Waals surface area contributed by atoms with E-state index in [9.17, 15) is 14.6 Å². The Hall–Kier alpha value is -1.67. The summed E-state index contributed by atoms with van der Waals surface area (Å²) in [4.78, 5) is 10.2. The summed E-state index contributed by atoms with van der Waals surface area (Å²) in [5, 5.41) is 8.78. The van der Waals surface area contributed by atoms with Gasteiger partial charge in [0.15, 0.2) is 5.34 Å². The molecule has 2 rings (SSSR count). The van der Waals surface area contributed by atoms with Crippen LogP contribution >= 0.6 is 7.37 Å². The molecule has 2 N–H and O–H groups in total. The Balaban J connectivity index is 2.30. The monoisotopic (exact) mass is 288 g/mol. The molecule has 104 valence electrons. The van der Waals surface area contributed by atoms with Gasteiger partial charge in [-0.25, -0.2) is 0 Å². The van der Waals surface area contributed by atoms with Crippen molar-refractivity contribution in [2.75, 3.05) is 0 Å². The first-order valence-electron chi connectivity index (χ1n) is 6.29. The molecule has 0 radical (unpaired) electrons. The van der Waals surface area contributed by atoms with Crippen LogP contribution in [0.25, 0.3) is 6.08 Å². The molecule has 0 fully saturated rings. The van der Waals surface area contributed by atoms with Gasteiger partial charge in [-0.05, 0) is 30.7 Å². The molecule has 0 saturated heterocycles. The van der Waals surface area contributed by atoms with E-state index in [2.05, 4.69) is 0 Å². The highest BCUT2D eigenvalue weighted by atomic mass is 31.2. The quantitative estimate of drug-likeness (QED) is 0.850. The number of aliphatic hydroxyl groups is 1. The summed E-state index contributed by atoms with van der Waals surface area (Å²) in [6.07, 6.45) is 3.02. The van der Waals surface area contributed by atoms with E-state index in [1.807, 2.05) is 30.3 Å². The molecule has 0 heterocycles. The van der Waals surface area contributed by atoms with Gasteiger partial charge in [0.2, 0.25) is 0 Å². The van der Waals surface area contributed by atoms with E-state index in [0.717, 1.165) is 5.56 Å². The van der Waals surface area contributed by atoms with Gasteiger partial charge in [0.1, 0.15) is 0 Å². The zero-order chi connectivity index (χ0) is 14.6. The van der Waals surface area contributed by atoms with E-state index < -0.39 is 12.7 Å². The largest absolute Gasteiger partial charge is 0.376 e. The van der Waals surface area contributed by atoms with Crippen LogP contribution in [0.3, 0.4) is 0 Å². The second kappa shape index (κ2) is 5.76. The van der Waals surface area contributed by atoms with Gasteiger partial charge >= 0.3 is 0 Å². The zero-order valence-corrected chi connectivity index (χ0v) is 12.1. The molecule has 0 saturated carbocycles. The van der Waals surface area contributed by atoms with Gasteiger partial charge in [-0.1, -0.05) is 54.6 Å². The minimum Gasteiger partial charge on any atom is -0.376 e. The summed E-state index contributed by atoms with van der Waals surface area (Å²) in [5.41, 5.74) is 0.862. The zero-order valence-electron chi connectivity index (χ0n) is 11.2. The fraction of sp³-hybridized carbons (Fsp3) is 0.125. The Morgan fingerprint density at radius 3 is 2.05 bits per heavy atom. The van der Waals surface area contributed by atoms with E-state index in [1.54, 1.807) is 36.4 Å². The molecule has 0 amide bonds. The van der Waals surface area contributed by atoms with Gasteiger partial charge in [-0.2, -0.15) is 0 Å². The molecule has 0 aliphatic heterocycles. The molecule has 0 spiro atoms. The fourth-order valence-corrected chi connectivity index (χ4v) is 3.19. The highest BCUT2D eigenvalue weighted by Gasteiger charge is 2.40. The SMILES string of the molecule is CC(O)(C=Cc1ccccc1)P(=O)(O)c1ccccc1. The maximum Gasteiger partial charge on any atom is 0.263 e. The predicted molar refractivity (Wildman–Crippen MR) is 82.0 cm³/mol. The van der Waals surface area contributed by atoms with Crippen LogP contribution in [-0.2, 0) is 4.57 Å². The Labute approximate surface area is 118 Å². The summed E-state index contributed by atoms with van der Waals surface area (Å²) >= 11 is 0. The third kappa shape index (κ3) is 3.07. The van der Waals surface area contributed by atoms with Gasteiger partial charge in [0.05, 0.1) is 0 Å². The van der Waals surface area contributed by atoms with Gasteiger partial charge in [-0.3, -0.25) is 4.57 Å². The first-order valence-corrected chi connectivity index (χ1v) is 7.95. The highest BCUT2D eigenvalue weighted by Crippen LogP contribution is 2.52. The Morgan fingerprint density at radius 2 is 1.50 bits per heavy atom. The summed E-state index contributed by atoms with van der Waals surface area (Å²) in [6, 6.07) is 17.5. The molecule has 20 heavy (non-hydrogen) atoms. The molecule has 0 aliphatic rings. The molecule has 2 aromatic carbocycles. The topological polar surface area (TPSA) is 57.5 Å². The van der Waals surface area contributed by atoms with Crippen LogP contribution < -0.4 is 5.30 Å². The number of benzene rings is 2. The van der Waals surface area contributed by atoms with Crippen LogP contribution in [0, 0.1) is 0 Å². The van der Waals surface area contributed by atoms with Crippen LogP contribution in [0.4, 0.5) is 0 Å². The van der Waals surface area contributed by atoms with E-state index in [-0.39, 0.29) is 5.30 Å². The van der Waals surface area contributed by atoms with Crippen molar-refractivity contribution in [3.63, 3.8) is 0 Å². The molecule has 0 aromatic heterocycles. The molecular weight excluding hydrogens is 271 g/mol. The number of rotatable bonds is 4. The maximum atomic E-state index is 12.5. The van der Waals surface area contributed by atoms with Crippen LogP contribution in [0.5, 0.6) is 0 Å². The average Bonchev–Trinajstić information content (AvgIpc) is 2.47. The Kier molecular flexibility index (Phi) is 4.24. The van der Waals surface area contributed by atoms with E-state index in [4.69, 9.17) is 0 Å². The Morgan fingerprint density at radius 1 is 1.00 bits per heavy atom. The van der Waals surface area contributed by atoms with Gasteiger partial charge in [-0.15, -0.1) is 0 Å². The summed E-state index contributed by atoms with van der Waals surface area (Å²) in [5.74, 6) is 0. The van der Waals surface area contributed by atoms with Crippen LogP contribution in [0.2, 0.25) is 0 Å². The first kappa shape index (κ1) is 14.7. The molecule has 0 aliphatic carbocycles. The molecule has 2 unspecified atom stereocenters. The van der Waals surface area contributed by atoms with E-state index >= 15 is 0 Å². The lowest BCUT2D eigenvalue weighted by molar-refractivity contribution is 0.180. The lowest BCUT2D eigenvalue weighted by Crippen LogP contribution is -2.27. The van der Waals surface area contributed by atoms with Crippen LogP contribution in [0.15, 0.2) is 66.7 Å². The van der Waals surface area contributed by atoms with Crippen LogP contribution in [0.1, 0.15) is 12.5 Å². The molecule has 2 atom stereocenters. The first-order chi connectivity index (χ1) is 9.43. The smallest absolute Gasteiger partial charge is 0.263 e. The fourth-order valence-electron chi connectivity index (χ4n) is 1.81. The molecular formula is C16H17O3P. The second-order valence-electron chi connectivity index (χ2n) is 4.75. The normalized spacial score (nSPS) is 17.6. The lowest BCUT2D eigenvalue weighted by atomic mass is 10.2. The lowest BCUT2D eigenvalue weighted by Gasteiger charge is -2.26. The van der Waals surface area contributed by atoms with Crippen molar-refractivity contribution in [1.82, 2.24) is 0 Å². The van der Waals surface area contributed by atoms with Crippen molar-refractivity contribution >= 4 is 18.7 Å². The summed E-state index contributed by atoms with van der Waals surface area (Å²) in [6.45, 7) is 1.35. The van der Waals surface area contributed by atoms with Crippen molar-refractivity contribution in [2.24, 2.45) is 0 Å². The van der Waals surface area contributed by atoms with Crippen molar-refractivity contribution in [3.8, 4) is 0 Å². The van der Waals surface area contributed by atoms with Crippen molar-refractivity contribution in [3.05, 3.63) is 72.3 Å². The van der Waals surface area contributed by atoms with Crippen molar-refractivity contribution < 1.29 is 14.6 Å². The minimum atomic E-state index is -3.92. The van der Waals surface area contributed by atoms with E-state index in [0.29, 0.717) is 0 Å². The van der Waals surface area contributed by atoms with Gasteiger partial charge in [0, 0.05) is 5.30 Å². The van der Waals surface area contributed by atoms with Crippen LogP contribution in [-0.4, -0.2) is 15.3 Å². The number of hydrogen-bond acceptors (Lipinski definition) is 2. The summed E-state index contributed by atoms with van der Waals surface area (Å²) in [7, 11) is -3.92. The summed E-state index contributed by atoms with van der Waals surface area (Å²) < 4.78 is 12.5. The number of hydrogen-bond donors (Lipinski definition) is 2. The molecule has 4 heteroatoms. The van der Waals surface area contributed by atoms with Gasteiger partial charge < -0.3 is 10.00 Å². The molecule has 0 bridgehead atoms.